The Morgan fingerprint density at radius 3 is 2.62 bits per heavy atom. The second kappa shape index (κ2) is 6.18. The SMILES string of the molecule is CC(C)(C)[C@@H](O)CCNC(=O)c1cnc2ccccc2n1. The number of hydrogen-bond acceptors (Lipinski definition) is 4. The summed E-state index contributed by atoms with van der Waals surface area (Å²) in [4.78, 5) is 20.5. The van der Waals surface area contributed by atoms with Gasteiger partial charge in [0, 0.05) is 6.54 Å². The molecule has 0 bridgehead atoms. The second-order valence-electron chi connectivity index (χ2n) is 6.17. The Morgan fingerprint density at radius 2 is 1.95 bits per heavy atom. The van der Waals surface area contributed by atoms with Crippen LogP contribution in [0.4, 0.5) is 0 Å². The minimum absolute atomic E-state index is 0.187. The van der Waals surface area contributed by atoms with Crippen LogP contribution in [-0.2, 0) is 0 Å². The standard InChI is InChI=1S/C16H21N3O2/c1-16(2,3)14(20)8-9-17-15(21)13-10-18-11-6-4-5-7-12(11)19-13/h4-7,10,14,20H,8-9H2,1-3H3,(H,17,21)/t14-/m0/s1. The van der Waals surface area contributed by atoms with Crippen LogP contribution in [0.25, 0.3) is 11.0 Å². The molecule has 0 fully saturated rings. The Labute approximate surface area is 124 Å². The van der Waals surface area contributed by atoms with Crippen LogP contribution in [0, 0.1) is 5.41 Å². The van der Waals surface area contributed by atoms with Crippen molar-refractivity contribution in [3.05, 3.63) is 36.2 Å². The highest BCUT2D eigenvalue weighted by Gasteiger charge is 2.21. The summed E-state index contributed by atoms with van der Waals surface area (Å²) < 4.78 is 0. The van der Waals surface area contributed by atoms with E-state index in [9.17, 15) is 9.90 Å². The molecule has 1 heterocycles. The zero-order valence-electron chi connectivity index (χ0n) is 12.6. The summed E-state index contributed by atoms with van der Waals surface area (Å²) in [5, 5.41) is 12.7. The van der Waals surface area contributed by atoms with E-state index in [1.807, 2.05) is 45.0 Å². The fourth-order valence-corrected chi connectivity index (χ4v) is 1.91. The van der Waals surface area contributed by atoms with Gasteiger partial charge >= 0.3 is 0 Å². The van der Waals surface area contributed by atoms with E-state index in [-0.39, 0.29) is 11.3 Å². The molecule has 0 radical (unpaired) electrons. The highest BCUT2D eigenvalue weighted by atomic mass is 16.3. The van der Waals surface area contributed by atoms with Gasteiger partial charge in [0.05, 0.1) is 23.3 Å². The third kappa shape index (κ3) is 3.98. The van der Waals surface area contributed by atoms with Gasteiger partial charge in [-0.25, -0.2) is 4.98 Å². The number of carbonyl (C=O) groups is 1. The van der Waals surface area contributed by atoms with Crippen molar-refractivity contribution in [3.8, 4) is 0 Å². The van der Waals surface area contributed by atoms with E-state index in [2.05, 4.69) is 15.3 Å². The lowest BCUT2D eigenvalue weighted by Gasteiger charge is -2.25. The third-order valence-electron chi connectivity index (χ3n) is 3.38. The van der Waals surface area contributed by atoms with Crippen LogP contribution in [0.1, 0.15) is 37.7 Å². The Balaban J connectivity index is 1.96. The number of aliphatic hydroxyl groups is 1. The molecule has 0 saturated carbocycles. The van der Waals surface area contributed by atoms with E-state index in [0.29, 0.717) is 24.2 Å². The molecule has 5 nitrogen and oxygen atoms in total. The molecule has 1 atom stereocenters. The van der Waals surface area contributed by atoms with Crippen molar-refractivity contribution in [2.75, 3.05) is 6.54 Å². The third-order valence-corrected chi connectivity index (χ3v) is 3.38. The molecule has 0 saturated heterocycles. The quantitative estimate of drug-likeness (QED) is 0.903. The van der Waals surface area contributed by atoms with E-state index < -0.39 is 6.10 Å². The average molecular weight is 287 g/mol. The van der Waals surface area contributed by atoms with Crippen LogP contribution in [-0.4, -0.2) is 33.6 Å². The highest BCUT2D eigenvalue weighted by Crippen LogP contribution is 2.20. The molecule has 2 N–H and O–H groups in total. The first-order valence-electron chi connectivity index (χ1n) is 7.06. The highest BCUT2D eigenvalue weighted by molar-refractivity contribution is 5.93. The van der Waals surface area contributed by atoms with Crippen LogP contribution < -0.4 is 5.32 Å². The molecule has 1 amide bonds. The molecule has 2 aromatic rings. The van der Waals surface area contributed by atoms with Crippen molar-refractivity contribution in [2.24, 2.45) is 5.41 Å². The number of para-hydroxylation sites is 2. The number of rotatable bonds is 4. The number of aromatic nitrogens is 2. The normalized spacial score (nSPS) is 13.1. The van der Waals surface area contributed by atoms with Crippen molar-refractivity contribution < 1.29 is 9.90 Å². The maximum atomic E-state index is 12.0. The fraction of sp³-hybridized carbons (Fsp3) is 0.438. The molecule has 5 heteroatoms. The predicted octanol–water partition coefficient (Wildman–Crippen LogP) is 2.16. The van der Waals surface area contributed by atoms with E-state index in [4.69, 9.17) is 0 Å². The fourth-order valence-electron chi connectivity index (χ4n) is 1.91. The Bertz CT molecular complexity index is 635. The summed E-state index contributed by atoms with van der Waals surface area (Å²) in [6.45, 7) is 6.31. The van der Waals surface area contributed by atoms with Gasteiger partial charge in [-0.15, -0.1) is 0 Å². The van der Waals surface area contributed by atoms with Crippen LogP contribution in [0.15, 0.2) is 30.5 Å². The van der Waals surface area contributed by atoms with Crippen molar-refractivity contribution in [1.29, 1.82) is 0 Å². The smallest absolute Gasteiger partial charge is 0.271 e. The van der Waals surface area contributed by atoms with Gasteiger partial charge < -0.3 is 10.4 Å². The Hall–Kier alpha value is -2.01. The molecule has 1 aromatic heterocycles. The first-order chi connectivity index (χ1) is 9.88. The molecule has 21 heavy (non-hydrogen) atoms. The zero-order chi connectivity index (χ0) is 15.5. The number of nitrogens with zero attached hydrogens (tertiary/aromatic N) is 2. The Morgan fingerprint density at radius 1 is 1.29 bits per heavy atom. The van der Waals surface area contributed by atoms with Gasteiger partial charge in [-0.3, -0.25) is 9.78 Å². The van der Waals surface area contributed by atoms with Crippen LogP contribution in [0.5, 0.6) is 0 Å². The van der Waals surface area contributed by atoms with Gasteiger partial charge in [-0.05, 0) is 24.0 Å². The van der Waals surface area contributed by atoms with Crippen molar-refractivity contribution in [2.45, 2.75) is 33.3 Å². The molecule has 0 spiro atoms. The minimum atomic E-state index is -0.458. The maximum absolute atomic E-state index is 12.0. The van der Waals surface area contributed by atoms with Gasteiger partial charge in [0.15, 0.2) is 0 Å². The maximum Gasteiger partial charge on any atom is 0.271 e. The monoisotopic (exact) mass is 287 g/mol. The number of nitrogens with one attached hydrogen (secondary N) is 1. The van der Waals surface area contributed by atoms with Gasteiger partial charge in [0.25, 0.3) is 5.91 Å². The number of amides is 1. The lowest BCUT2D eigenvalue weighted by Crippen LogP contribution is -2.32. The van der Waals surface area contributed by atoms with Gasteiger partial charge in [-0.1, -0.05) is 32.9 Å². The molecule has 2 rings (SSSR count). The van der Waals surface area contributed by atoms with E-state index in [1.54, 1.807) is 0 Å². The minimum Gasteiger partial charge on any atom is -0.393 e. The number of aliphatic hydroxyl groups excluding tert-OH is 1. The molecule has 112 valence electrons. The number of hydrogen-bond donors (Lipinski definition) is 2. The van der Waals surface area contributed by atoms with E-state index in [0.717, 1.165) is 5.52 Å². The summed E-state index contributed by atoms with van der Waals surface area (Å²) in [6, 6.07) is 7.41. The topological polar surface area (TPSA) is 75.1 Å². The van der Waals surface area contributed by atoms with Crippen molar-refractivity contribution in [1.82, 2.24) is 15.3 Å². The number of benzene rings is 1. The number of carbonyl (C=O) groups excluding carboxylic acids is 1. The predicted molar refractivity (Wildman–Crippen MR) is 82.0 cm³/mol. The van der Waals surface area contributed by atoms with Gasteiger partial charge in [-0.2, -0.15) is 0 Å². The molecule has 0 aliphatic carbocycles. The van der Waals surface area contributed by atoms with Crippen LogP contribution >= 0.6 is 0 Å². The molecule has 0 aliphatic heterocycles. The molecule has 1 aromatic carbocycles. The van der Waals surface area contributed by atoms with Crippen molar-refractivity contribution >= 4 is 16.9 Å². The zero-order valence-corrected chi connectivity index (χ0v) is 12.6. The summed E-state index contributed by atoms with van der Waals surface area (Å²) in [5.74, 6) is -0.269. The van der Waals surface area contributed by atoms with E-state index in [1.165, 1.54) is 6.20 Å². The van der Waals surface area contributed by atoms with Crippen molar-refractivity contribution in [3.63, 3.8) is 0 Å². The lowest BCUT2D eigenvalue weighted by molar-refractivity contribution is 0.0550. The molecule has 0 aliphatic rings. The lowest BCUT2D eigenvalue weighted by atomic mass is 9.87. The Kier molecular flexibility index (Phi) is 4.53. The molecule has 0 unspecified atom stereocenters. The average Bonchev–Trinajstić information content (AvgIpc) is 2.45. The summed E-state index contributed by atoms with van der Waals surface area (Å²) in [6.07, 6.45) is 1.52. The van der Waals surface area contributed by atoms with Gasteiger partial charge in [0.1, 0.15) is 5.69 Å². The number of fused-ring (bicyclic) bond motifs is 1. The van der Waals surface area contributed by atoms with Crippen LogP contribution in [0.3, 0.4) is 0 Å². The largest absolute Gasteiger partial charge is 0.393 e. The molecular weight excluding hydrogens is 266 g/mol. The second-order valence-corrected chi connectivity index (χ2v) is 6.17. The summed E-state index contributed by atoms with van der Waals surface area (Å²) in [7, 11) is 0. The van der Waals surface area contributed by atoms with Crippen LogP contribution in [0.2, 0.25) is 0 Å². The van der Waals surface area contributed by atoms with E-state index >= 15 is 0 Å². The summed E-state index contributed by atoms with van der Waals surface area (Å²) in [5.41, 5.74) is 1.56. The summed E-state index contributed by atoms with van der Waals surface area (Å²) >= 11 is 0. The first-order valence-corrected chi connectivity index (χ1v) is 7.06. The van der Waals surface area contributed by atoms with Gasteiger partial charge in [0.2, 0.25) is 0 Å². The molecular formula is C16H21N3O2. The first kappa shape index (κ1) is 15.4.